The average molecular weight is 261 g/mol. The normalized spacial score (nSPS) is 11.2. The molecule has 0 aliphatic carbocycles. The van der Waals surface area contributed by atoms with Crippen molar-refractivity contribution in [2.45, 2.75) is 19.4 Å². The fourth-order valence-corrected chi connectivity index (χ4v) is 0.999. The van der Waals surface area contributed by atoms with E-state index >= 15 is 0 Å². The first kappa shape index (κ1) is 15.7. The van der Waals surface area contributed by atoms with Gasteiger partial charge >= 0.3 is 18.0 Å². The molecule has 0 aromatic rings. The largest absolute Gasteiger partial charge is 0.481 e. The van der Waals surface area contributed by atoms with Gasteiger partial charge in [0.1, 0.15) is 6.04 Å². The number of aliphatic carboxylic acids is 2. The van der Waals surface area contributed by atoms with Gasteiger partial charge < -0.3 is 26.2 Å². The fourth-order valence-electron chi connectivity index (χ4n) is 0.999. The quantitative estimate of drug-likeness (QED) is 0.347. The second kappa shape index (κ2) is 7.87. The van der Waals surface area contributed by atoms with Crippen molar-refractivity contribution in [1.29, 1.82) is 0 Å². The van der Waals surface area contributed by atoms with Crippen molar-refractivity contribution in [2.24, 2.45) is 0 Å². The lowest BCUT2D eigenvalue weighted by atomic mass is 10.2. The van der Waals surface area contributed by atoms with E-state index in [1.807, 2.05) is 5.32 Å². The van der Waals surface area contributed by atoms with Gasteiger partial charge in [-0.2, -0.15) is 0 Å². The molecular weight excluding hydrogens is 246 g/mol. The zero-order chi connectivity index (χ0) is 14.1. The van der Waals surface area contributed by atoms with Gasteiger partial charge in [-0.25, -0.2) is 9.59 Å². The molecule has 0 aromatic heterocycles. The molecule has 102 valence electrons. The maximum absolute atomic E-state index is 11.2. The Kier molecular flexibility index (Phi) is 6.86. The molecule has 0 aromatic carbocycles. The van der Waals surface area contributed by atoms with Crippen LogP contribution in [0.25, 0.3) is 0 Å². The maximum atomic E-state index is 11.2. The summed E-state index contributed by atoms with van der Waals surface area (Å²) in [4.78, 5) is 42.7. The molecule has 3 amide bonds. The second-order valence-corrected chi connectivity index (χ2v) is 3.37. The Hall–Kier alpha value is -2.32. The summed E-state index contributed by atoms with van der Waals surface area (Å²) in [7, 11) is 0. The lowest BCUT2D eigenvalue weighted by molar-refractivity contribution is -0.145. The van der Waals surface area contributed by atoms with Crippen molar-refractivity contribution in [3.05, 3.63) is 0 Å². The van der Waals surface area contributed by atoms with E-state index in [4.69, 9.17) is 10.2 Å². The third-order valence-electron chi connectivity index (χ3n) is 1.77. The van der Waals surface area contributed by atoms with Crippen LogP contribution in [-0.4, -0.2) is 53.2 Å². The highest BCUT2D eigenvalue weighted by molar-refractivity contribution is 5.86. The number of amides is 3. The molecule has 0 heterocycles. The molecule has 0 saturated carbocycles. The lowest BCUT2D eigenvalue weighted by Gasteiger charge is -2.13. The summed E-state index contributed by atoms with van der Waals surface area (Å²) in [6.45, 7) is 1.61. The summed E-state index contributed by atoms with van der Waals surface area (Å²) >= 11 is 0. The first-order valence-electron chi connectivity index (χ1n) is 5.06. The minimum Gasteiger partial charge on any atom is -0.481 e. The summed E-state index contributed by atoms with van der Waals surface area (Å²) < 4.78 is 0. The van der Waals surface area contributed by atoms with Crippen LogP contribution in [0.5, 0.6) is 0 Å². The third kappa shape index (κ3) is 7.91. The van der Waals surface area contributed by atoms with E-state index in [9.17, 15) is 19.2 Å². The summed E-state index contributed by atoms with van der Waals surface area (Å²) in [5.74, 6) is -3.03. The van der Waals surface area contributed by atoms with Gasteiger partial charge in [-0.05, 0) is 0 Å². The maximum Gasteiger partial charge on any atom is 0.326 e. The predicted octanol–water partition coefficient (Wildman–Crippen LogP) is -1.65. The average Bonchev–Trinajstić information content (AvgIpc) is 2.22. The molecule has 0 rings (SSSR count). The number of carboxylic acid groups (broad SMARTS) is 2. The molecule has 9 nitrogen and oxygen atoms in total. The van der Waals surface area contributed by atoms with Crippen LogP contribution in [0, 0.1) is 0 Å². The number of hydrogen-bond acceptors (Lipinski definition) is 4. The van der Waals surface area contributed by atoms with Crippen LogP contribution in [-0.2, 0) is 14.4 Å². The number of nitrogens with one attached hydrogen (secondary N) is 3. The van der Waals surface area contributed by atoms with E-state index in [1.165, 1.54) is 6.92 Å². The van der Waals surface area contributed by atoms with Gasteiger partial charge in [-0.3, -0.25) is 9.59 Å². The van der Waals surface area contributed by atoms with Gasteiger partial charge in [0.25, 0.3) is 0 Å². The summed E-state index contributed by atoms with van der Waals surface area (Å²) in [5.41, 5.74) is 0. The molecule has 0 bridgehead atoms. The zero-order valence-electron chi connectivity index (χ0n) is 9.73. The summed E-state index contributed by atoms with van der Waals surface area (Å²) in [5, 5.41) is 23.8. The standard InChI is InChI=1S/C9H15N3O6/c1-5(13)10-2-3-11-9(18)12-6(8(16)17)4-7(14)15/h6H,2-4H2,1H3,(H,10,13)(H,14,15)(H,16,17)(H2,11,12,18)/t6-/m1/s1. The molecule has 0 saturated heterocycles. The number of carboxylic acids is 2. The number of carbonyl (C=O) groups excluding carboxylic acids is 2. The van der Waals surface area contributed by atoms with Crippen molar-refractivity contribution >= 4 is 23.9 Å². The summed E-state index contributed by atoms with van der Waals surface area (Å²) in [6.07, 6.45) is -0.714. The SMILES string of the molecule is CC(=O)NCCNC(=O)N[C@H](CC(=O)O)C(=O)O. The minimum atomic E-state index is -1.50. The molecule has 0 aliphatic heterocycles. The molecule has 9 heteroatoms. The van der Waals surface area contributed by atoms with Crippen LogP contribution < -0.4 is 16.0 Å². The van der Waals surface area contributed by atoms with E-state index in [1.54, 1.807) is 0 Å². The van der Waals surface area contributed by atoms with E-state index < -0.39 is 30.4 Å². The van der Waals surface area contributed by atoms with E-state index in [0.29, 0.717) is 0 Å². The molecule has 0 radical (unpaired) electrons. The molecule has 18 heavy (non-hydrogen) atoms. The molecule has 5 N–H and O–H groups in total. The van der Waals surface area contributed by atoms with E-state index in [-0.39, 0.29) is 19.0 Å². The second-order valence-electron chi connectivity index (χ2n) is 3.37. The van der Waals surface area contributed by atoms with E-state index in [0.717, 1.165) is 0 Å². The fraction of sp³-hybridized carbons (Fsp3) is 0.556. The first-order valence-corrected chi connectivity index (χ1v) is 5.06. The highest BCUT2D eigenvalue weighted by atomic mass is 16.4. The number of urea groups is 1. The van der Waals surface area contributed by atoms with Gasteiger partial charge in [-0.1, -0.05) is 0 Å². The van der Waals surface area contributed by atoms with Crippen LogP contribution in [0.15, 0.2) is 0 Å². The molecular formula is C9H15N3O6. The molecule has 0 aliphatic rings. The number of carbonyl (C=O) groups is 4. The number of rotatable bonds is 7. The molecule has 1 atom stereocenters. The molecule has 0 unspecified atom stereocenters. The predicted molar refractivity (Wildman–Crippen MR) is 58.9 cm³/mol. The van der Waals surface area contributed by atoms with Crippen molar-refractivity contribution in [2.75, 3.05) is 13.1 Å². The van der Waals surface area contributed by atoms with E-state index in [2.05, 4.69) is 10.6 Å². The van der Waals surface area contributed by atoms with Crippen molar-refractivity contribution in [3.63, 3.8) is 0 Å². The Labute approximate surface area is 103 Å². The summed E-state index contributed by atoms with van der Waals surface area (Å²) in [6, 6.07) is -2.31. The topological polar surface area (TPSA) is 145 Å². The minimum absolute atomic E-state index is 0.102. The zero-order valence-corrected chi connectivity index (χ0v) is 9.73. The van der Waals surface area contributed by atoms with Crippen LogP contribution >= 0.6 is 0 Å². The van der Waals surface area contributed by atoms with Crippen LogP contribution in [0.3, 0.4) is 0 Å². The van der Waals surface area contributed by atoms with Gasteiger partial charge in [0.05, 0.1) is 6.42 Å². The Morgan fingerprint density at radius 1 is 1.06 bits per heavy atom. The smallest absolute Gasteiger partial charge is 0.326 e. The lowest BCUT2D eigenvalue weighted by Crippen LogP contribution is -2.48. The monoisotopic (exact) mass is 261 g/mol. The molecule has 0 fully saturated rings. The Morgan fingerprint density at radius 3 is 2.06 bits per heavy atom. The van der Waals surface area contributed by atoms with Crippen LogP contribution in [0.4, 0.5) is 4.79 Å². The van der Waals surface area contributed by atoms with Gasteiger partial charge in [0, 0.05) is 20.0 Å². The van der Waals surface area contributed by atoms with Crippen molar-refractivity contribution < 1.29 is 29.4 Å². The Morgan fingerprint density at radius 2 is 1.61 bits per heavy atom. The first-order chi connectivity index (χ1) is 8.32. The van der Waals surface area contributed by atoms with Crippen LogP contribution in [0.2, 0.25) is 0 Å². The molecule has 0 spiro atoms. The van der Waals surface area contributed by atoms with Crippen molar-refractivity contribution in [1.82, 2.24) is 16.0 Å². The highest BCUT2D eigenvalue weighted by Gasteiger charge is 2.22. The van der Waals surface area contributed by atoms with Gasteiger partial charge in [0.2, 0.25) is 5.91 Å². The van der Waals surface area contributed by atoms with Gasteiger partial charge in [-0.15, -0.1) is 0 Å². The van der Waals surface area contributed by atoms with Crippen LogP contribution in [0.1, 0.15) is 13.3 Å². The third-order valence-corrected chi connectivity index (χ3v) is 1.77. The van der Waals surface area contributed by atoms with Crippen molar-refractivity contribution in [3.8, 4) is 0 Å². The highest BCUT2D eigenvalue weighted by Crippen LogP contribution is 1.92. The Balaban J connectivity index is 3.99. The van der Waals surface area contributed by atoms with Gasteiger partial charge in [0.15, 0.2) is 0 Å². The number of hydrogen-bond donors (Lipinski definition) is 5. The Bertz CT molecular complexity index is 343.